The number of primary amides is 1. The Bertz CT molecular complexity index is 794. The van der Waals surface area contributed by atoms with E-state index in [-0.39, 0.29) is 0 Å². The summed E-state index contributed by atoms with van der Waals surface area (Å²) >= 11 is 0. The van der Waals surface area contributed by atoms with Crippen LogP contribution in [0.15, 0.2) is 36.9 Å². The first-order valence-electron chi connectivity index (χ1n) is 6.21. The van der Waals surface area contributed by atoms with Gasteiger partial charge >= 0.3 is 6.03 Å². The third-order valence-electron chi connectivity index (χ3n) is 2.98. The Labute approximate surface area is 120 Å². The van der Waals surface area contributed by atoms with Crippen LogP contribution >= 0.6 is 0 Å². The minimum Gasteiger partial charge on any atom is -0.371 e. The number of rotatable bonds is 3. The fourth-order valence-corrected chi connectivity index (χ4v) is 2.05. The molecule has 2 heterocycles. The lowest BCUT2D eigenvalue weighted by Crippen LogP contribution is -2.19. The second kappa shape index (κ2) is 5.08. The number of hydrogen-bond donors (Lipinski definition) is 3. The minimum absolute atomic E-state index is 0.595. The topological polar surface area (TPSA) is 111 Å². The van der Waals surface area contributed by atoms with Gasteiger partial charge in [0.15, 0.2) is 17.0 Å². The van der Waals surface area contributed by atoms with Crippen molar-refractivity contribution in [3.05, 3.63) is 36.9 Å². The van der Waals surface area contributed by atoms with Crippen LogP contribution in [0.25, 0.3) is 16.9 Å². The maximum atomic E-state index is 10.8. The van der Waals surface area contributed by atoms with Crippen LogP contribution in [0.3, 0.4) is 0 Å². The number of nitrogens with one attached hydrogen (secondary N) is 2. The molecule has 0 aliphatic heterocycles. The smallest absolute Gasteiger partial charge is 0.316 e. The summed E-state index contributed by atoms with van der Waals surface area (Å²) in [4.78, 5) is 23.5. The number of urea groups is 1. The Hall–Kier alpha value is -3.16. The molecule has 0 saturated carbocycles. The Morgan fingerprint density at radius 1 is 1.19 bits per heavy atom. The number of anilines is 2. The van der Waals surface area contributed by atoms with E-state index in [1.54, 1.807) is 25.5 Å². The van der Waals surface area contributed by atoms with Crippen molar-refractivity contribution >= 4 is 28.7 Å². The average Bonchev–Trinajstić information content (AvgIpc) is 2.91. The molecule has 0 fully saturated rings. The van der Waals surface area contributed by atoms with Gasteiger partial charge in [-0.2, -0.15) is 0 Å². The molecule has 0 aliphatic rings. The average molecular weight is 283 g/mol. The van der Waals surface area contributed by atoms with Gasteiger partial charge in [0.25, 0.3) is 0 Å². The van der Waals surface area contributed by atoms with Gasteiger partial charge in [-0.15, -0.1) is 0 Å². The summed E-state index contributed by atoms with van der Waals surface area (Å²) in [5.74, 6) is 0.672. The molecule has 8 nitrogen and oxygen atoms in total. The lowest BCUT2D eigenvalue weighted by molar-refractivity contribution is 0.259. The van der Waals surface area contributed by atoms with E-state index >= 15 is 0 Å². The molecule has 106 valence electrons. The molecule has 2 aromatic heterocycles. The van der Waals surface area contributed by atoms with E-state index in [9.17, 15) is 4.79 Å². The number of nitrogens with zero attached hydrogens (tertiary/aromatic N) is 4. The van der Waals surface area contributed by atoms with E-state index in [1.807, 2.05) is 16.7 Å². The van der Waals surface area contributed by atoms with E-state index < -0.39 is 6.03 Å². The van der Waals surface area contributed by atoms with Gasteiger partial charge in [0.05, 0.1) is 0 Å². The first-order chi connectivity index (χ1) is 10.2. The first-order valence-corrected chi connectivity index (χ1v) is 6.21. The summed E-state index contributed by atoms with van der Waals surface area (Å²) in [6.45, 7) is 0. The van der Waals surface area contributed by atoms with Crippen molar-refractivity contribution in [2.45, 2.75) is 0 Å². The second-order valence-corrected chi connectivity index (χ2v) is 4.30. The van der Waals surface area contributed by atoms with E-state index in [2.05, 4.69) is 25.6 Å². The number of carbonyl (C=O) groups is 1. The molecular weight excluding hydrogens is 270 g/mol. The lowest BCUT2D eigenvalue weighted by atomic mass is 10.3. The fourth-order valence-electron chi connectivity index (χ4n) is 2.05. The highest BCUT2D eigenvalue weighted by atomic mass is 16.2. The van der Waals surface area contributed by atoms with Gasteiger partial charge in [0, 0.05) is 18.4 Å². The predicted octanol–water partition coefficient (Wildman–Crippen LogP) is 1.35. The normalized spacial score (nSPS) is 10.5. The number of nitrogens with two attached hydrogens (primary N) is 1. The van der Waals surface area contributed by atoms with Gasteiger partial charge in [-0.05, 0) is 24.3 Å². The molecule has 8 heteroatoms. The zero-order chi connectivity index (χ0) is 14.8. The molecular formula is C13H13N7O. The summed E-state index contributed by atoms with van der Waals surface area (Å²) in [7, 11) is 1.78. The predicted molar refractivity (Wildman–Crippen MR) is 79.4 cm³/mol. The quantitative estimate of drug-likeness (QED) is 0.672. The van der Waals surface area contributed by atoms with E-state index in [1.165, 1.54) is 6.33 Å². The van der Waals surface area contributed by atoms with Gasteiger partial charge in [0.1, 0.15) is 12.7 Å². The number of fused-ring (bicyclic) bond motifs is 1. The number of aromatic nitrogens is 4. The van der Waals surface area contributed by atoms with Crippen molar-refractivity contribution in [2.75, 3.05) is 17.7 Å². The van der Waals surface area contributed by atoms with Crippen LogP contribution in [0.2, 0.25) is 0 Å². The van der Waals surface area contributed by atoms with Crippen LogP contribution < -0.4 is 16.4 Å². The minimum atomic E-state index is -0.595. The number of hydrogen-bond acceptors (Lipinski definition) is 5. The van der Waals surface area contributed by atoms with Crippen molar-refractivity contribution in [3.8, 4) is 5.69 Å². The monoisotopic (exact) mass is 283 g/mol. The van der Waals surface area contributed by atoms with Gasteiger partial charge in [0.2, 0.25) is 0 Å². The summed E-state index contributed by atoms with van der Waals surface area (Å²) in [6.07, 6.45) is 3.16. The first kappa shape index (κ1) is 12.9. The standard InChI is InChI=1S/C13H13N7O/c1-15-11-10-12(17-6-16-11)20(7-18-10)9-4-2-8(3-5-9)19-13(14)21/h2-7H,1H3,(H3,14,19,21)(H,15,16,17). The Balaban J connectivity index is 2.02. The van der Waals surface area contributed by atoms with Crippen LogP contribution in [0.1, 0.15) is 0 Å². The van der Waals surface area contributed by atoms with E-state index in [0.29, 0.717) is 22.7 Å². The van der Waals surface area contributed by atoms with E-state index in [4.69, 9.17) is 5.73 Å². The van der Waals surface area contributed by atoms with Gasteiger partial charge in [-0.25, -0.2) is 19.7 Å². The Morgan fingerprint density at radius 3 is 2.62 bits per heavy atom. The van der Waals surface area contributed by atoms with Gasteiger partial charge in [-0.1, -0.05) is 0 Å². The number of carbonyl (C=O) groups excluding carboxylic acids is 1. The van der Waals surface area contributed by atoms with Crippen molar-refractivity contribution in [2.24, 2.45) is 5.73 Å². The third kappa shape index (κ3) is 2.34. The molecule has 0 spiro atoms. The zero-order valence-electron chi connectivity index (χ0n) is 11.2. The molecule has 1 aromatic carbocycles. The maximum Gasteiger partial charge on any atom is 0.316 e. The van der Waals surface area contributed by atoms with Crippen molar-refractivity contribution in [3.63, 3.8) is 0 Å². The molecule has 21 heavy (non-hydrogen) atoms. The highest BCUT2D eigenvalue weighted by molar-refractivity contribution is 5.88. The van der Waals surface area contributed by atoms with Gasteiger partial charge in [-0.3, -0.25) is 4.57 Å². The maximum absolute atomic E-state index is 10.8. The zero-order valence-corrected chi connectivity index (χ0v) is 11.2. The molecule has 0 saturated heterocycles. The van der Waals surface area contributed by atoms with Crippen LogP contribution in [0.5, 0.6) is 0 Å². The molecule has 0 radical (unpaired) electrons. The molecule has 4 N–H and O–H groups in total. The third-order valence-corrected chi connectivity index (χ3v) is 2.98. The highest BCUT2D eigenvalue weighted by Gasteiger charge is 2.10. The van der Waals surface area contributed by atoms with Crippen LogP contribution in [0, 0.1) is 0 Å². The number of imidazole rings is 1. The molecule has 3 rings (SSSR count). The van der Waals surface area contributed by atoms with Gasteiger partial charge < -0.3 is 16.4 Å². The molecule has 0 atom stereocenters. The number of benzene rings is 1. The van der Waals surface area contributed by atoms with Crippen molar-refractivity contribution < 1.29 is 4.79 Å². The SMILES string of the molecule is CNc1ncnc2c1ncn2-c1ccc(NC(N)=O)cc1. The highest BCUT2D eigenvalue weighted by Crippen LogP contribution is 2.21. The summed E-state index contributed by atoms with van der Waals surface area (Å²) < 4.78 is 1.84. The van der Waals surface area contributed by atoms with Crippen molar-refractivity contribution in [1.82, 2.24) is 19.5 Å². The summed E-state index contributed by atoms with van der Waals surface area (Å²) in [5, 5.41) is 5.49. The summed E-state index contributed by atoms with van der Waals surface area (Å²) in [6, 6.07) is 6.60. The molecule has 0 bridgehead atoms. The van der Waals surface area contributed by atoms with Crippen molar-refractivity contribution in [1.29, 1.82) is 0 Å². The molecule has 0 aliphatic carbocycles. The van der Waals surface area contributed by atoms with Crippen LogP contribution in [0.4, 0.5) is 16.3 Å². The largest absolute Gasteiger partial charge is 0.371 e. The lowest BCUT2D eigenvalue weighted by Gasteiger charge is -2.06. The second-order valence-electron chi connectivity index (χ2n) is 4.30. The molecule has 2 amide bonds. The molecule has 3 aromatic rings. The van der Waals surface area contributed by atoms with E-state index in [0.717, 1.165) is 5.69 Å². The molecule has 0 unspecified atom stereocenters. The Morgan fingerprint density at radius 2 is 1.95 bits per heavy atom. The summed E-state index contributed by atoms with van der Waals surface area (Å²) in [5.41, 5.74) is 7.96. The Kier molecular flexibility index (Phi) is 3.11. The van der Waals surface area contributed by atoms with Crippen LogP contribution in [-0.2, 0) is 0 Å². The fraction of sp³-hybridized carbons (Fsp3) is 0.0769. The van der Waals surface area contributed by atoms with Crippen LogP contribution in [-0.4, -0.2) is 32.6 Å². The number of amides is 2.